The summed E-state index contributed by atoms with van der Waals surface area (Å²) in [4.78, 5) is 2.65. The Kier molecular flexibility index (Phi) is 6.83. The third-order valence-electron chi connectivity index (χ3n) is 5.11. The normalized spacial score (nSPS) is 30.0. The van der Waals surface area contributed by atoms with Crippen LogP contribution in [0.2, 0.25) is 0 Å². The van der Waals surface area contributed by atoms with Crippen LogP contribution in [-0.4, -0.2) is 37.1 Å². The molecule has 0 aromatic heterocycles. The van der Waals surface area contributed by atoms with Crippen molar-refractivity contribution in [3.8, 4) is 0 Å². The largest absolute Gasteiger partial charge is 0.314 e. The molecule has 0 radical (unpaired) electrons. The Morgan fingerprint density at radius 3 is 2.50 bits per heavy atom. The van der Waals surface area contributed by atoms with Gasteiger partial charge in [0.15, 0.2) is 0 Å². The van der Waals surface area contributed by atoms with Gasteiger partial charge in [-0.25, -0.2) is 0 Å². The Morgan fingerprint density at radius 2 is 1.80 bits per heavy atom. The molecule has 3 atom stereocenters. The molecule has 2 aliphatic rings. The van der Waals surface area contributed by atoms with E-state index in [1.165, 1.54) is 71.1 Å². The molecular formula is C18H36N2. The van der Waals surface area contributed by atoms with Crippen molar-refractivity contribution < 1.29 is 0 Å². The number of hydrogen-bond acceptors (Lipinski definition) is 2. The summed E-state index contributed by atoms with van der Waals surface area (Å²) in [6, 6.07) is 0.800. The third-order valence-corrected chi connectivity index (χ3v) is 5.11. The second-order valence-electron chi connectivity index (χ2n) is 7.88. The van der Waals surface area contributed by atoms with Crippen molar-refractivity contribution >= 4 is 0 Å². The van der Waals surface area contributed by atoms with Gasteiger partial charge in [-0.1, -0.05) is 33.6 Å². The predicted octanol–water partition coefficient (Wildman–Crippen LogP) is 3.91. The molecule has 0 bridgehead atoms. The maximum Gasteiger partial charge on any atom is 0.00698 e. The predicted molar refractivity (Wildman–Crippen MR) is 88.0 cm³/mol. The monoisotopic (exact) mass is 280 g/mol. The van der Waals surface area contributed by atoms with E-state index in [4.69, 9.17) is 0 Å². The molecule has 1 N–H and O–H groups in total. The van der Waals surface area contributed by atoms with Gasteiger partial charge in [0.25, 0.3) is 0 Å². The minimum Gasteiger partial charge on any atom is -0.314 e. The van der Waals surface area contributed by atoms with E-state index < -0.39 is 0 Å². The quantitative estimate of drug-likeness (QED) is 0.760. The standard InChI is InChI=1S/C18H36N2/c1-15(2)11-17-7-6-8-18(12-17)19-13-16(3)14-20-9-4-5-10-20/h15-19H,4-14H2,1-3H3. The molecule has 20 heavy (non-hydrogen) atoms. The molecule has 1 saturated carbocycles. The van der Waals surface area contributed by atoms with Crippen molar-refractivity contribution in [1.29, 1.82) is 0 Å². The number of nitrogens with zero attached hydrogens (tertiary/aromatic N) is 1. The Balaban J connectivity index is 1.62. The van der Waals surface area contributed by atoms with Crippen molar-refractivity contribution in [1.82, 2.24) is 10.2 Å². The summed E-state index contributed by atoms with van der Waals surface area (Å²) in [5.74, 6) is 2.65. The molecule has 1 aliphatic heterocycles. The molecule has 1 aliphatic carbocycles. The lowest BCUT2D eigenvalue weighted by atomic mass is 9.81. The van der Waals surface area contributed by atoms with Crippen molar-refractivity contribution in [3.05, 3.63) is 0 Å². The summed E-state index contributed by atoms with van der Waals surface area (Å²) in [6.07, 6.45) is 10.0. The van der Waals surface area contributed by atoms with Crippen LogP contribution in [0.5, 0.6) is 0 Å². The average molecular weight is 280 g/mol. The zero-order chi connectivity index (χ0) is 14.4. The lowest BCUT2D eigenvalue weighted by Gasteiger charge is -2.32. The SMILES string of the molecule is CC(C)CC1CCCC(NCC(C)CN2CCCC2)C1. The van der Waals surface area contributed by atoms with Gasteiger partial charge in [-0.3, -0.25) is 0 Å². The van der Waals surface area contributed by atoms with Gasteiger partial charge >= 0.3 is 0 Å². The molecule has 0 spiro atoms. The topological polar surface area (TPSA) is 15.3 Å². The molecule has 3 unspecified atom stereocenters. The highest BCUT2D eigenvalue weighted by atomic mass is 15.1. The van der Waals surface area contributed by atoms with E-state index in [1.54, 1.807) is 0 Å². The molecular weight excluding hydrogens is 244 g/mol. The van der Waals surface area contributed by atoms with E-state index in [1.807, 2.05) is 0 Å². The van der Waals surface area contributed by atoms with Crippen molar-refractivity contribution in [3.63, 3.8) is 0 Å². The zero-order valence-electron chi connectivity index (χ0n) is 14.0. The summed E-state index contributed by atoms with van der Waals surface area (Å²) in [7, 11) is 0. The van der Waals surface area contributed by atoms with Crippen LogP contribution < -0.4 is 5.32 Å². The van der Waals surface area contributed by atoms with E-state index >= 15 is 0 Å². The fraction of sp³-hybridized carbons (Fsp3) is 1.00. The first-order valence-electron chi connectivity index (χ1n) is 9.09. The molecule has 2 nitrogen and oxygen atoms in total. The van der Waals surface area contributed by atoms with Crippen LogP contribution in [0.1, 0.15) is 65.7 Å². The summed E-state index contributed by atoms with van der Waals surface area (Å²) < 4.78 is 0. The van der Waals surface area contributed by atoms with Crippen LogP contribution in [0.4, 0.5) is 0 Å². The first kappa shape index (κ1) is 16.3. The number of rotatable bonds is 7. The van der Waals surface area contributed by atoms with Gasteiger partial charge in [0.1, 0.15) is 0 Å². The Labute approximate surface area is 126 Å². The van der Waals surface area contributed by atoms with Gasteiger partial charge < -0.3 is 10.2 Å². The number of likely N-dealkylation sites (tertiary alicyclic amines) is 1. The second kappa shape index (κ2) is 8.38. The van der Waals surface area contributed by atoms with Gasteiger partial charge in [-0.15, -0.1) is 0 Å². The molecule has 0 aromatic carbocycles. The minimum atomic E-state index is 0.800. The van der Waals surface area contributed by atoms with Crippen LogP contribution in [0.15, 0.2) is 0 Å². The average Bonchev–Trinajstić information content (AvgIpc) is 2.89. The number of nitrogens with one attached hydrogen (secondary N) is 1. The van der Waals surface area contributed by atoms with E-state index in [0.717, 1.165) is 23.8 Å². The Hall–Kier alpha value is -0.0800. The molecule has 2 fully saturated rings. The fourth-order valence-corrected chi connectivity index (χ4v) is 4.20. The Morgan fingerprint density at radius 1 is 1.05 bits per heavy atom. The minimum absolute atomic E-state index is 0.800. The molecule has 118 valence electrons. The first-order valence-corrected chi connectivity index (χ1v) is 9.09. The van der Waals surface area contributed by atoms with E-state index in [2.05, 4.69) is 31.0 Å². The highest BCUT2D eigenvalue weighted by Crippen LogP contribution is 2.29. The molecule has 1 saturated heterocycles. The summed E-state index contributed by atoms with van der Waals surface area (Å²) in [6.45, 7) is 12.4. The molecule has 1 heterocycles. The fourth-order valence-electron chi connectivity index (χ4n) is 4.20. The van der Waals surface area contributed by atoms with Crippen LogP contribution in [0, 0.1) is 17.8 Å². The maximum atomic E-state index is 3.87. The molecule has 2 rings (SSSR count). The molecule has 0 aromatic rings. The van der Waals surface area contributed by atoms with E-state index in [-0.39, 0.29) is 0 Å². The van der Waals surface area contributed by atoms with Crippen LogP contribution in [0.3, 0.4) is 0 Å². The van der Waals surface area contributed by atoms with Gasteiger partial charge in [0.2, 0.25) is 0 Å². The smallest absolute Gasteiger partial charge is 0.00698 e. The first-order chi connectivity index (χ1) is 9.63. The lowest BCUT2D eigenvalue weighted by Crippen LogP contribution is -2.39. The zero-order valence-corrected chi connectivity index (χ0v) is 14.0. The van der Waals surface area contributed by atoms with Gasteiger partial charge in [-0.2, -0.15) is 0 Å². The van der Waals surface area contributed by atoms with Crippen LogP contribution in [0.25, 0.3) is 0 Å². The van der Waals surface area contributed by atoms with Crippen LogP contribution >= 0.6 is 0 Å². The summed E-state index contributed by atoms with van der Waals surface area (Å²) in [5.41, 5.74) is 0. The highest BCUT2D eigenvalue weighted by Gasteiger charge is 2.23. The van der Waals surface area contributed by atoms with E-state index in [0.29, 0.717) is 0 Å². The highest BCUT2D eigenvalue weighted by molar-refractivity contribution is 4.80. The Bertz CT molecular complexity index is 258. The van der Waals surface area contributed by atoms with E-state index in [9.17, 15) is 0 Å². The second-order valence-corrected chi connectivity index (χ2v) is 7.88. The van der Waals surface area contributed by atoms with Crippen molar-refractivity contribution in [2.75, 3.05) is 26.2 Å². The van der Waals surface area contributed by atoms with Crippen molar-refractivity contribution in [2.24, 2.45) is 17.8 Å². The maximum absolute atomic E-state index is 3.87. The number of hydrogen-bond donors (Lipinski definition) is 1. The summed E-state index contributed by atoms with van der Waals surface area (Å²) >= 11 is 0. The third kappa shape index (κ3) is 5.73. The molecule has 2 heteroatoms. The van der Waals surface area contributed by atoms with Gasteiger partial charge in [0.05, 0.1) is 0 Å². The summed E-state index contributed by atoms with van der Waals surface area (Å²) in [5, 5.41) is 3.87. The van der Waals surface area contributed by atoms with Crippen molar-refractivity contribution in [2.45, 2.75) is 71.8 Å². The molecule has 0 amide bonds. The van der Waals surface area contributed by atoms with Gasteiger partial charge in [-0.05, 0) is 69.5 Å². The van der Waals surface area contributed by atoms with Gasteiger partial charge in [0, 0.05) is 12.6 Å². The van der Waals surface area contributed by atoms with Crippen LogP contribution in [-0.2, 0) is 0 Å². The lowest BCUT2D eigenvalue weighted by molar-refractivity contribution is 0.233.